The van der Waals surface area contributed by atoms with E-state index in [-0.39, 0.29) is 35.8 Å². The number of hydrogen-bond donors (Lipinski definition) is 2. The van der Waals surface area contributed by atoms with Crippen molar-refractivity contribution in [2.45, 2.75) is 31.5 Å². The average molecular weight is 438 g/mol. The van der Waals surface area contributed by atoms with Crippen molar-refractivity contribution >= 4 is 22.6 Å². The number of carbonyl (C=O) groups is 1. The van der Waals surface area contributed by atoms with E-state index in [4.69, 9.17) is 9.84 Å². The maximum atomic E-state index is 13.7. The Kier molecular flexibility index (Phi) is 5.14. The summed E-state index contributed by atoms with van der Waals surface area (Å²) in [7, 11) is 1.55. The minimum Gasteiger partial charge on any atom is -0.497 e. The van der Waals surface area contributed by atoms with Gasteiger partial charge in [0.25, 0.3) is 0 Å². The number of halogens is 3. The van der Waals surface area contributed by atoms with E-state index in [1.807, 2.05) is 12.1 Å². The highest BCUT2D eigenvalue weighted by Crippen LogP contribution is 2.46. The lowest BCUT2D eigenvalue weighted by molar-refractivity contribution is -0.152. The normalized spacial score (nSPS) is 15.8. The first-order valence-electron chi connectivity index (χ1n) is 9.01. The van der Waals surface area contributed by atoms with Gasteiger partial charge in [0.2, 0.25) is 0 Å². The van der Waals surface area contributed by atoms with Gasteiger partial charge in [0.15, 0.2) is 5.13 Å². The molecule has 4 rings (SSSR count). The molecule has 2 heterocycles. The number of nitrogens with one attached hydrogen (secondary N) is 1. The van der Waals surface area contributed by atoms with E-state index in [0.717, 1.165) is 16.9 Å². The Bertz CT molecular complexity index is 1080. The second-order valence-corrected chi connectivity index (χ2v) is 7.91. The molecule has 1 amide bonds. The molecule has 2 N–H and O–H groups in total. The van der Waals surface area contributed by atoms with Gasteiger partial charge in [-0.05, 0) is 30.5 Å². The lowest BCUT2D eigenvalue weighted by atomic mass is 9.98. The van der Waals surface area contributed by atoms with Gasteiger partial charge in [-0.2, -0.15) is 18.3 Å². The standard InChI is InChI=1S/C19H17F3N4O3S/c1-29-11-4-2-10(3-5-11)8-26-9-12-15(25-26)13(19(20,21)22)6-7-14-16(12)23-17(30-14)24-18(27)28/h2-5,9,13H,6-8H2,1H3,(H,23,24)(H,27,28). The number of hydrogen-bond acceptors (Lipinski definition) is 5. The first-order chi connectivity index (χ1) is 14.2. The molecule has 2 aromatic heterocycles. The lowest BCUT2D eigenvalue weighted by Gasteiger charge is -2.17. The maximum absolute atomic E-state index is 13.7. The number of ether oxygens (including phenoxy) is 1. The third-order valence-corrected chi connectivity index (χ3v) is 5.88. The summed E-state index contributed by atoms with van der Waals surface area (Å²) in [5.41, 5.74) is 1.41. The number of aryl methyl sites for hydroxylation is 1. The van der Waals surface area contributed by atoms with Gasteiger partial charge in [0.05, 0.1) is 31.0 Å². The molecule has 0 fully saturated rings. The summed E-state index contributed by atoms with van der Waals surface area (Å²) in [4.78, 5) is 15.8. The number of anilines is 1. The number of fused-ring (bicyclic) bond motifs is 3. The lowest BCUT2D eigenvalue weighted by Crippen LogP contribution is -2.22. The van der Waals surface area contributed by atoms with Crippen LogP contribution in [0.1, 0.15) is 28.5 Å². The predicted octanol–water partition coefficient (Wildman–Crippen LogP) is 4.75. The summed E-state index contributed by atoms with van der Waals surface area (Å²) in [6, 6.07) is 7.17. The molecule has 3 aromatic rings. The van der Waals surface area contributed by atoms with Crippen LogP contribution in [0.5, 0.6) is 5.75 Å². The molecule has 0 saturated carbocycles. The minimum absolute atomic E-state index is 0.0815. The number of benzene rings is 1. The smallest absolute Gasteiger partial charge is 0.410 e. The van der Waals surface area contributed by atoms with Crippen LogP contribution in [-0.2, 0) is 13.0 Å². The summed E-state index contributed by atoms with van der Waals surface area (Å²) in [5.74, 6) is -1.03. The molecule has 11 heteroatoms. The quantitative estimate of drug-likeness (QED) is 0.614. The summed E-state index contributed by atoms with van der Waals surface area (Å²) >= 11 is 1.05. The Labute approximate surface area is 173 Å². The van der Waals surface area contributed by atoms with Gasteiger partial charge in [-0.25, -0.2) is 9.78 Å². The summed E-state index contributed by atoms with van der Waals surface area (Å²) in [6.45, 7) is 0.279. The second kappa shape index (κ2) is 7.63. The number of nitrogens with zero attached hydrogens (tertiary/aromatic N) is 3. The van der Waals surface area contributed by atoms with Crippen molar-refractivity contribution in [3.63, 3.8) is 0 Å². The molecule has 0 saturated heterocycles. The molecule has 0 radical (unpaired) electrons. The molecule has 30 heavy (non-hydrogen) atoms. The van der Waals surface area contributed by atoms with Crippen LogP contribution in [0.2, 0.25) is 0 Å². The van der Waals surface area contributed by atoms with Crippen molar-refractivity contribution in [3.8, 4) is 17.0 Å². The summed E-state index contributed by atoms with van der Waals surface area (Å²) in [6.07, 6.45) is -4.19. The molecule has 0 spiro atoms. The number of alkyl halides is 3. The van der Waals surface area contributed by atoms with Gasteiger partial charge in [0.1, 0.15) is 5.75 Å². The van der Waals surface area contributed by atoms with E-state index >= 15 is 0 Å². The fraction of sp³-hybridized carbons (Fsp3) is 0.316. The van der Waals surface area contributed by atoms with Gasteiger partial charge in [-0.1, -0.05) is 12.1 Å². The summed E-state index contributed by atoms with van der Waals surface area (Å²) < 4.78 is 47.8. The van der Waals surface area contributed by atoms with Gasteiger partial charge < -0.3 is 9.84 Å². The molecule has 1 aliphatic rings. The number of amides is 1. The van der Waals surface area contributed by atoms with Crippen LogP contribution >= 0.6 is 11.3 Å². The Hall–Kier alpha value is -3.08. The monoisotopic (exact) mass is 438 g/mol. The molecule has 1 aromatic carbocycles. The highest BCUT2D eigenvalue weighted by Gasteiger charge is 2.45. The van der Waals surface area contributed by atoms with Gasteiger partial charge in [-0.3, -0.25) is 10.00 Å². The van der Waals surface area contributed by atoms with Crippen molar-refractivity contribution in [1.29, 1.82) is 0 Å². The summed E-state index contributed by atoms with van der Waals surface area (Å²) in [5, 5.41) is 15.5. The second-order valence-electron chi connectivity index (χ2n) is 6.83. The topological polar surface area (TPSA) is 89.3 Å². The first kappa shape index (κ1) is 20.2. The van der Waals surface area contributed by atoms with Crippen LogP contribution in [0, 0.1) is 0 Å². The number of carboxylic acid groups (broad SMARTS) is 1. The molecule has 1 atom stereocenters. The van der Waals surface area contributed by atoms with Crippen LogP contribution in [0.25, 0.3) is 11.3 Å². The van der Waals surface area contributed by atoms with E-state index in [1.54, 1.807) is 25.4 Å². The highest BCUT2D eigenvalue weighted by molar-refractivity contribution is 7.16. The van der Waals surface area contributed by atoms with Crippen LogP contribution in [-0.4, -0.2) is 39.3 Å². The zero-order valence-corrected chi connectivity index (χ0v) is 16.5. The van der Waals surface area contributed by atoms with Gasteiger partial charge in [0, 0.05) is 16.6 Å². The Morgan fingerprint density at radius 1 is 1.37 bits per heavy atom. The first-order valence-corrected chi connectivity index (χ1v) is 9.83. The maximum Gasteiger partial charge on any atom is 0.410 e. The highest BCUT2D eigenvalue weighted by atomic mass is 32.1. The van der Waals surface area contributed by atoms with E-state index in [2.05, 4.69) is 15.4 Å². The van der Waals surface area contributed by atoms with Crippen molar-refractivity contribution in [2.75, 3.05) is 12.4 Å². The van der Waals surface area contributed by atoms with Crippen molar-refractivity contribution in [3.05, 3.63) is 46.6 Å². The Morgan fingerprint density at radius 2 is 2.10 bits per heavy atom. The van der Waals surface area contributed by atoms with E-state index in [1.165, 1.54) is 4.68 Å². The molecular weight excluding hydrogens is 421 g/mol. The minimum atomic E-state index is -4.44. The predicted molar refractivity (Wildman–Crippen MR) is 104 cm³/mol. The number of aromatic nitrogens is 3. The molecule has 158 valence electrons. The fourth-order valence-electron chi connectivity index (χ4n) is 3.48. The Morgan fingerprint density at radius 3 is 2.73 bits per heavy atom. The number of methoxy groups -OCH3 is 1. The van der Waals surface area contributed by atoms with Crippen LogP contribution < -0.4 is 10.1 Å². The van der Waals surface area contributed by atoms with E-state index < -0.39 is 18.2 Å². The van der Waals surface area contributed by atoms with Gasteiger partial charge in [-0.15, -0.1) is 11.3 Å². The van der Waals surface area contributed by atoms with Crippen LogP contribution in [0.4, 0.5) is 23.1 Å². The largest absolute Gasteiger partial charge is 0.497 e. The number of rotatable bonds is 4. The third-order valence-electron chi connectivity index (χ3n) is 4.85. The van der Waals surface area contributed by atoms with E-state index in [0.29, 0.717) is 16.3 Å². The van der Waals surface area contributed by atoms with Crippen LogP contribution in [0.3, 0.4) is 0 Å². The van der Waals surface area contributed by atoms with Crippen molar-refractivity contribution in [1.82, 2.24) is 14.8 Å². The molecule has 7 nitrogen and oxygen atoms in total. The average Bonchev–Trinajstić information content (AvgIpc) is 3.22. The molecule has 1 unspecified atom stereocenters. The number of thiazole rings is 1. The van der Waals surface area contributed by atoms with Crippen LogP contribution in [0.15, 0.2) is 30.5 Å². The molecular formula is C19H17F3N4O3S. The van der Waals surface area contributed by atoms with Gasteiger partial charge >= 0.3 is 12.3 Å². The molecule has 1 aliphatic carbocycles. The zero-order chi connectivity index (χ0) is 21.5. The molecule has 0 bridgehead atoms. The molecule has 0 aliphatic heterocycles. The Balaban J connectivity index is 1.74. The zero-order valence-electron chi connectivity index (χ0n) is 15.7. The van der Waals surface area contributed by atoms with E-state index in [9.17, 15) is 18.0 Å². The SMILES string of the molecule is COc1ccc(Cn2cc3c(n2)C(C(F)(F)F)CCc2sc(NC(=O)O)nc2-3)cc1. The van der Waals surface area contributed by atoms with Crippen molar-refractivity contribution < 1.29 is 27.8 Å². The third kappa shape index (κ3) is 3.97. The fourth-order valence-corrected chi connectivity index (χ4v) is 4.46. The van der Waals surface area contributed by atoms with Crippen molar-refractivity contribution in [2.24, 2.45) is 0 Å².